The summed E-state index contributed by atoms with van der Waals surface area (Å²) in [6, 6.07) is 3.66. The van der Waals surface area contributed by atoms with Gasteiger partial charge in [0.05, 0.1) is 6.54 Å². The minimum Gasteiger partial charge on any atom is -0.354 e. The van der Waals surface area contributed by atoms with Crippen molar-refractivity contribution in [1.29, 1.82) is 0 Å². The van der Waals surface area contributed by atoms with Crippen molar-refractivity contribution in [3.8, 4) is 0 Å². The molecule has 0 aliphatic carbocycles. The van der Waals surface area contributed by atoms with Gasteiger partial charge in [0.2, 0.25) is 11.8 Å². The maximum absolute atomic E-state index is 12.3. The second kappa shape index (κ2) is 7.56. The van der Waals surface area contributed by atoms with Crippen molar-refractivity contribution in [3.63, 3.8) is 0 Å². The van der Waals surface area contributed by atoms with E-state index in [1.807, 2.05) is 31.6 Å². The minimum absolute atomic E-state index is 0.0174. The third kappa shape index (κ3) is 4.54. The molecule has 1 saturated heterocycles. The molecule has 1 aliphatic rings. The topological polar surface area (TPSA) is 52.7 Å². The summed E-state index contributed by atoms with van der Waals surface area (Å²) in [7, 11) is 4.03. The van der Waals surface area contributed by atoms with Gasteiger partial charge in [-0.2, -0.15) is 0 Å². The minimum atomic E-state index is -0.307. The lowest BCUT2D eigenvalue weighted by atomic mass is 10.2. The van der Waals surface area contributed by atoms with Crippen molar-refractivity contribution in [2.45, 2.75) is 31.8 Å². The number of thiophene rings is 1. The second-order valence-electron chi connectivity index (χ2n) is 5.60. The Bertz CT molecular complexity index is 473. The monoisotopic (exact) mass is 309 g/mol. The predicted octanol–water partition coefficient (Wildman–Crippen LogP) is 1.31. The first-order valence-electron chi connectivity index (χ1n) is 7.32. The van der Waals surface area contributed by atoms with Crippen LogP contribution in [0.4, 0.5) is 0 Å². The van der Waals surface area contributed by atoms with Crippen LogP contribution in [0.5, 0.6) is 0 Å². The van der Waals surface area contributed by atoms with Crippen LogP contribution in [0, 0.1) is 0 Å². The van der Waals surface area contributed by atoms with E-state index in [2.05, 4.69) is 10.2 Å². The van der Waals surface area contributed by atoms with Gasteiger partial charge in [0.25, 0.3) is 0 Å². The summed E-state index contributed by atoms with van der Waals surface area (Å²) in [4.78, 5) is 29.2. The average molecular weight is 309 g/mol. The summed E-state index contributed by atoms with van der Waals surface area (Å²) >= 11 is 1.62. The van der Waals surface area contributed by atoms with E-state index in [1.165, 1.54) is 0 Å². The number of carbonyl (C=O) groups excluding carboxylic acids is 2. The number of amides is 2. The van der Waals surface area contributed by atoms with Crippen LogP contribution < -0.4 is 5.32 Å². The van der Waals surface area contributed by atoms with Gasteiger partial charge in [-0.1, -0.05) is 6.07 Å². The Labute approximate surface area is 129 Å². The third-order valence-electron chi connectivity index (χ3n) is 3.62. The molecule has 116 valence electrons. The molecule has 1 aromatic heterocycles. The molecule has 1 aliphatic heterocycles. The van der Waals surface area contributed by atoms with Crippen LogP contribution in [0.15, 0.2) is 17.5 Å². The molecule has 2 heterocycles. The van der Waals surface area contributed by atoms with E-state index in [9.17, 15) is 9.59 Å². The van der Waals surface area contributed by atoms with E-state index in [4.69, 9.17) is 0 Å². The zero-order valence-electron chi connectivity index (χ0n) is 12.7. The van der Waals surface area contributed by atoms with Crippen molar-refractivity contribution in [3.05, 3.63) is 22.4 Å². The number of nitrogens with zero attached hydrogens (tertiary/aromatic N) is 2. The summed E-state index contributed by atoms with van der Waals surface area (Å²) in [6.45, 7) is 2.16. The van der Waals surface area contributed by atoms with Crippen LogP contribution in [0.1, 0.15) is 24.1 Å². The molecular formula is C15H23N3O2S. The lowest BCUT2D eigenvalue weighted by molar-refractivity contribution is -0.135. The first-order valence-corrected chi connectivity index (χ1v) is 8.20. The largest absolute Gasteiger partial charge is 0.354 e. The summed E-state index contributed by atoms with van der Waals surface area (Å²) < 4.78 is 0. The normalized spacial score (nSPS) is 18.5. The zero-order valence-corrected chi connectivity index (χ0v) is 13.5. The van der Waals surface area contributed by atoms with Crippen LogP contribution in [0.25, 0.3) is 0 Å². The SMILES string of the molecule is CN(C)CCCNC(=O)C1CCC(=O)N1Cc1cccs1. The molecule has 2 rings (SSSR count). The average Bonchev–Trinajstić information content (AvgIpc) is 3.06. The quantitative estimate of drug-likeness (QED) is 0.773. The van der Waals surface area contributed by atoms with Gasteiger partial charge < -0.3 is 15.1 Å². The standard InChI is InChI=1S/C15H23N3O2S/c1-17(2)9-4-8-16-15(20)13-6-7-14(19)18(13)11-12-5-3-10-21-12/h3,5,10,13H,4,6-9,11H2,1-2H3,(H,16,20). The highest BCUT2D eigenvalue weighted by molar-refractivity contribution is 7.09. The highest BCUT2D eigenvalue weighted by atomic mass is 32.1. The second-order valence-corrected chi connectivity index (χ2v) is 6.64. The highest BCUT2D eigenvalue weighted by Crippen LogP contribution is 2.23. The smallest absolute Gasteiger partial charge is 0.242 e. The fraction of sp³-hybridized carbons (Fsp3) is 0.600. The molecule has 1 atom stereocenters. The Hall–Kier alpha value is -1.40. The van der Waals surface area contributed by atoms with E-state index in [0.717, 1.165) is 17.8 Å². The third-order valence-corrected chi connectivity index (χ3v) is 4.48. The Morgan fingerprint density at radius 1 is 1.52 bits per heavy atom. The molecule has 0 bridgehead atoms. The predicted molar refractivity (Wildman–Crippen MR) is 84.1 cm³/mol. The molecule has 2 amide bonds. The van der Waals surface area contributed by atoms with Crippen LogP contribution >= 0.6 is 11.3 Å². The van der Waals surface area contributed by atoms with Gasteiger partial charge in [-0.05, 0) is 44.9 Å². The van der Waals surface area contributed by atoms with E-state index in [-0.39, 0.29) is 17.9 Å². The van der Waals surface area contributed by atoms with Crippen molar-refractivity contribution in [1.82, 2.24) is 15.1 Å². The van der Waals surface area contributed by atoms with Crippen molar-refractivity contribution in [2.24, 2.45) is 0 Å². The molecule has 21 heavy (non-hydrogen) atoms. The van der Waals surface area contributed by atoms with Crippen LogP contribution in [0.2, 0.25) is 0 Å². The summed E-state index contributed by atoms with van der Waals surface area (Å²) in [6.07, 6.45) is 2.02. The van der Waals surface area contributed by atoms with Gasteiger partial charge in [-0.3, -0.25) is 9.59 Å². The van der Waals surface area contributed by atoms with Gasteiger partial charge in [0.15, 0.2) is 0 Å². The Kier molecular flexibility index (Phi) is 5.76. The summed E-state index contributed by atoms with van der Waals surface area (Å²) in [5.74, 6) is 0.0630. The number of likely N-dealkylation sites (tertiary alicyclic amines) is 1. The molecule has 1 unspecified atom stereocenters. The molecule has 0 radical (unpaired) electrons. The van der Waals surface area contributed by atoms with Crippen molar-refractivity contribution < 1.29 is 9.59 Å². The lowest BCUT2D eigenvalue weighted by Crippen LogP contribution is -2.44. The fourth-order valence-corrected chi connectivity index (χ4v) is 3.20. The maximum Gasteiger partial charge on any atom is 0.242 e. The van der Waals surface area contributed by atoms with Crippen LogP contribution in [-0.4, -0.2) is 54.8 Å². The molecule has 1 aromatic rings. The fourth-order valence-electron chi connectivity index (χ4n) is 2.50. The Morgan fingerprint density at radius 3 is 3.00 bits per heavy atom. The van der Waals surface area contributed by atoms with Gasteiger partial charge in [0, 0.05) is 17.8 Å². The van der Waals surface area contributed by atoms with Gasteiger partial charge >= 0.3 is 0 Å². The molecule has 1 N–H and O–H groups in total. The van der Waals surface area contributed by atoms with E-state index >= 15 is 0 Å². The van der Waals surface area contributed by atoms with Crippen molar-refractivity contribution >= 4 is 23.2 Å². The van der Waals surface area contributed by atoms with Gasteiger partial charge in [-0.25, -0.2) is 0 Å². The highest BCUT2D eigenvalue weighted by Gasteiger charge is 2.35. The molecule has 0 spiro atoms. The molecular weight excluding hydrogens is 286 g/mol. The van der Waals surface area contributed by atoms with Crippen LogP contribution in [0.3, 0.4) is 0 Å². The molecule has 1 fully saturated rings. The zero-order chi connectivity index (χ0) is 15.2. The summed E-state index contributed by atoms with van der Waals surface area (Å²) in [5, 5.41) is 4.95. The lowest BCUT2D eigenvalue weighted by Gasteiger charge is -2.23. The number of rotatable bonds is 7. The number of nitrogens with one attached hydrogen (secondary N) is 1. The van der Waals surface area contributed by atoms with E-state index in [1.54, 1.807) is 16.2 Å². The van der Waals surface area contributed by atoms with Gasteiger partial charge in [-0.15, -0.1) is 11.3 Å². The number of hydrogen-bond acceptors (Lipinski definition) is 4. The maximum atomic E-state index is 12.3. The van der Waals surface area contributed by atoms with E-state index in [0.29, 0.717) is 25.9 Å². The first-order chi connectivity index (χ1) is 10.1. The molecule has 5 nitrogen and oxygen atoms in total. The first kappa shape index (κ1) is 16.0. The molecule has 0 aromatic carbocycles. The van der Waals surface area contributed by atoms with Crippen LogP contribution in [-0.2, 0) is 16.1 Å². The molecule has 6 heteroatoms. The van der Waals surface area contributed by atoms with E-state index < -0.39 is 0 Å². The number of hydrogen-bond donors (Lipinski definition) is 1. The van der Waals surface area contributed by atoms with Crippen molar-refractivity contribution in [2.75, 3.05) is 27.2 Å². The number of carbonyl (C=O) groups is 2. The summed E-state index contributed by atoms with van der Waals surface area (Å²) in [5.41, 5.74) is 0. The Morgan fingerprint density at radius 2 is 2.33 bits per heavy atom. The Balaban J connectivity index is 1.85. The molecule has 0 saturated carbocycles. The van der Waals surface area contributed by atoms with Gasteiger partial charge in [0.1, 0.15) is 6.04 Å².